The van der Waals surface area contributed by atoms with Gasteiger partial charge in [-0.2, -0.15) is 0 Å². The van der Waals surface area contributed by atoms with Crippen molar-refractivity contribution in [3.05, 3.63) is 77.6 Å². The average molecular weight is 429 g/mol. The molecule has 0 bridgehead atoms. The maximum atomic E-state index is 12.6. The fourth-order valence-electron chi connectivity index (χ4n) is 2.66. The first-order chi connectivity index (χ1) is 14.1. The first-order valence-corrected chi connectivity index (χ1v) is 10.3. The SMILES string of the molecule is C=CCn1nnc(CSc2ccc(OC)cc2)c1CC(=O)Nc1ccc(Cl)cc1. The summed E-state index contributed by atoms with van der Waals surface area (Å²) in [7, 11) is 1.64. The third-order valence-corrected chi connectivity index (χ3v) is 5.39. The molecule has 8 heteroatoms. The molecule has 1 aromatic heterocycles. The van der Waals surface area contributed by atoms with Gasteiger partial charge >= 0.3 is 0 Å². The van der Waals surface area contributed by atoms with Crippen molar-refractivity contribution in [2.45, 2.75) is 23.6 Å². The molecule has 0 atom stereocenters. The Hall–Kier alpha value is -2.77. The van der Waals surface area contributed by atoms with Gasteiger partial charge in [0.15, 0.2) is 0 Å². The molecule has 0 aliphatic rings. The maximum absolute atomic E-state index is 12.6. The average Bonchev–Trinajstić information content (AvgIpc) is 3.10. The van der Waals surface area contributed by atoms with Gasteiger partial charge in [0.05, 0.1) is 31.5 Å². The van der Waals surface area contributed by atoms with Crippen molar-refractivity contribution < 1.29 is 9.53 Å². The van der Waals surface area contributed by atoms with E-state index in [1.165, 1.54) is 0 Å². The van der Waals surface area contributed by atoms with E-state index in [2.05, 4.69) is 22.2 Å². The van der Waals surface area contributed by atoms with Crippen LogP contribution in [0.3, 0.4) is 0 Å². The number of amides is 1. The van der Waals surface area contributed by atoms with Gasteiger partial charge in [0, 0.05) is 21.4 Å². The summed E-state index contributed by atoms with van der Waals surface area (Å²) in [6.45, 7) is 4.24. The molecule has 3 aromatic rings. The van der Waals surface area contributed by atoms with Gasteiger partial charge in [0.25, 0.3) is 0 Å². The number of aromatic nitrogens is 3. The summed E-state index contributed by atoms with van der Waals surface area (Å²) < 4.78 is 6.89. The molecule has 1 heterocycles. The van der Waals surface area contributed by atoms with E-state index in [9.17, 15) is 4.79 Å². The van der Waals surface area contributed by atoms with E-state index >= 15 is 0 Å². The zero-order valence-corrected chi connectivity index (χ0v) is 17.5. The Morgan fingerprint density at radius 3 is 2.62 bits per heavy atom. The van der Waals surface area contributed by atoms with Crippen LogP contribution in [-0.2, 0) is 23.5 Å². The summed E-state index contributed by atoms with van der Waals surface area (Å²) >= 11 is 7.52. The van der Waals surface area contributed by atoms with Crippen molar-refractivity contribution in [2.24, 2.45) is 0 Å². The number of benzene rings is 2. The number of rotatable bonds is 9. The Kier molecular flexibility index (Phi) is 7.32. The Labute approximate surface area is 178 Å². The molecule has 0 radical (unpaired) electrons. The van der Waals surface area contributed by atoms with Crippen LogP contribution in [-0.4, -0.2) is 28.0 Å². The quantitative estimate of drug-likeness (QED) is 0.398. The Bertz CT molecular complexity index is 971. The van der Waals surface area contributed by atoms with Crippen LogP contribution < -0.4 is 10.1 Å². The van der Waals surface area contributed by atoms with Crippen LogP contribution in [0.2, 0.25) is 5.02 Å². The summed E-state index contributed by atoms with van der Waals surface area (Å²) in [6.07, 6.45) is 1.90. The summed E-state index contributed by atoms with van der Waals surface area (Å²) in [5, 5.41) is 12.0. The van der Waals surface area contributed by atoms with Gasteiger partial charge in [0.2, 0.25) is 5.91 Å². The number of allylic oxidation sites excluding steroid dienone is 1. The number of carbonyl (C=O) groups is 1. The lowest BCUT2D eigenvalue weighted by Crippen LogP contribution is -2.18. The molecule has 0 unspecified atom stereocenters. The van der Waals surface area contributed by atoms with E-state index in [1.54, 1.807) is 53.9 Å². The molecule has 0 aliphatic heterocycles. The first-order valence-electron chi connectivity index (χ1n) is 8.93. The van der Waals surface area contributed by atoms with Gasteiger partial charge in [-0.25, -0.2) is 4.68 Å². The lowest BCUT2D eigenvalue weighted by atomic mass is 10.2. The second-order valence-electron chi connectivity index (χ2n) is 6.15. The molecule has 0 spiro atoms. The molecule has 29 heavy (non-hydrogen) atoms. The lowest BCUT2D eigenvalue weighted by molar-refractivity contribution is -0.115. The highest BCUT2D eigenvalue weighted by atomic mass is 35.5. The van der Waals surface area contributed by atoms with Crippen molar-refractivity contribution in [3.8, 4) is 5.75 Å². The van der Waals surface area contributed by atoms with Crippen molar-refractivity contribution in [3.63, 3.8) is 0 Å². The van der Waals surface area contributed by atoms with E-state index in [1.807, 2.05) is 24.3 Å². The maximum Gasteiger partial charge on any atom is 0.230 e. The first kappa shape index (κ1) is 21.0. The molecule has 2 aromatic carbocycles. The number of methoxy groups -OCH3 is 1. The second-order valence-corrected chi connectivity index (χ2v) is 7.63. The Balaban J connectivity index is 1.70. The van der Waals surface area contributed by atoms with Crippen LogP contribution in [0.4, 0.5) is 5.69 Å². The molecule has 6 nitrogen and oxygen atoms in total. The minimum atomic E-state index is -0.143. The summed E-state index contributed by atoms with van der Waals surface area (Å²) in [4.78, 5) is 13.6. The summed E-state index contributed by atoms with van der Waals surface area (Å²) in [5.41, 5.74) is 2.24. The zero-order chi connectivity index (χ0) is 20.6. The van der Waals surface area contributed by atoms with E-state index in [-0.39, 0.29) is 12.3 Å². The number of nitrogens with zero attached hydrogens (tertiary/aromatic N) is 3. The van der Waals surface area contributed by atoms with Crippen molar-refractivity contribution in [1.29, 1.82) is 0 Å². The van der Waals surface area contributed by atoms with E-state index < -0.39 is 0 Å². The number of nitrogens with one attached hydrogen (secondary N) is 1. The number of thioether (sulfide) groups is 1. The van der Waals surface area contributed by atoms with Gasteiger partial charge in [-0.15, -0.1) is 23.4 Å². The number of halogens is 1. The van der Waals surface area contributed by atoms with Crippen LogP contribution >= 0.6 is 23.4 Å². The van der Waals surface area contributed by atoms with Crippen LogP contribution in [0.1, 0.15) is 11.4 Å². The molecule has 3 rings (SSSR count). The van der Waals surface area contributed by atoms with Gasteiger partial charge in [0.1, 0.15) is 5.75 Å². The number of anilines is 1. The number of carbonyl (C=O) groups excluding carboxylic acids is 1. The molecular weight excluding hydrogens is 408 g/mol. The largest absolute Gasteiger partial charge is 0.497 e. The lowest BCUT2D eigenvalue weighted by Gasteiger charge is -2.08. The fourth-order valence-corrected chi connectivity index (χ4v) is 3.64. The van der Waals surface area contributed by atoms with Crippen molar-refractivity contribution in [1.82, 2.24) is 15.0 Å². The second kappa shape index (κ2) is 10.1. The third-order valence-electron chi connectivity index (χ3n) is 4.11. The van der Waals surface area contributed by atoms with Gasteiger partial charge in [-0.05, 0) is 48.5 Å². The minimum absolute atomic E-state index is 0.143. The molecule has 0 fully saturated rings. The van der Waals surface area contributed by atoms with E-state index in [4.69, 9.17) is 16.3 Å². The van der Waals surface area contributed by atoms with E-state index in [0.29, 0.717) is 23.0 Å². The highest BCUT2D eigenvalue weighted by Gasteiger charge is 2.16. The fraction of sp³-hybridized carbons (Fsp3) is 0.190. The standard InChI is InChI=1S/C21H21ClN4O2S/c1-3-12-26-20(13-21(27)23-16-6-4-15(22)5-7-16)19(24-25-26)14-29-18-10-8-17(28-2)9-11-18/h3-11H,1,12-14H2,2H3,(H,23,27). The van der Waals surface area contributed by atoms with Crippen molar-refractivity contribution in [2.75, 3.05) is 12.4 Å². The van der Waals surface area contributed by atoms with Gasteiger partial charge < -0.3 is 10.1 Å². The Morgan fingerprint density at radius 1 is 1.24 bits per heavy atom. The molecule has 0 aliphatic carbocycles. The predicted octanol–water partition coefficient (Wildman–Crippen LogP) is 4.60. The highest BCUT2D eigenvalue weighted by Crippen LogP contribution is 2.26. The van der Waals surface area contributed by atoms with Crippen LogP contribution in [0, 0.1) is 0 Å². The molecule has 1 N–H and O–H groups in total. The molecular formula is C21H21ClN4O2S. The van der Waals surface area contributed by atoms with Crippen LogP contribution in [0.25, 0.3) is 0 Å². The smallest absolute Gasteiger partial charge is 0.230 e. The zero-order valence-electron chi connectivity index (χ0n) is 16.0. The predicted molar refractivity (Wildman–Crippen MR) is 117 cm³/mol. The highest BCUT2D eigenvalue weighted by molar-refractivity contribution is 7.98. The van der Waals surface area contributed by atoms with Crippen molar-refractivity contribution >= 4 is 35.0 Å². The topological polar surface area (TPSA) is 69.0 Å². The minimum Gasteiger partial charge on any atom is -0.497 e. The monoisotopic (exact) mass is 428 g/mol. The summed E-state index contributed by atoms with van der Waals surface area (Å²) in [6, 6.07) is 14.8. The molecule has 150 valence electrons. The van der Waals surface area contributed by atoms with Gasteiger partial charge in [-0.1, -0.05) is 22.9 Å². The molecule has 1 amide bonds. The molecule has 0 saturated carbocycles. The van der Waals surface area contributed by atoms with Gasteiger partial charge in [-0.3, -0.25) is 4.79 Å². The normalized spacial score (nSPS) is 10.6. The Morgan fingerprint density at radius 2 is 1.97 bits per heavy atom. The number of hydrogen-bond acceptors (Lipinski definition) is 5. The van der Waals surface area contributed by atoms with Crippen LogP contribution in [0.15, 0.2) is 66.1 Å². The number of hydrogen-bond donors (Lipinski definition) is 1. The summed E-state index contributed by atoms with van der Waals surface area (Å²) in [5.74, 6) is 1.27. The third kappa shape index (κ3) is 5.85. The molecule has 0 saturated heterocycles. The van der Waals surface area contributed by atoms with E-state index in [0.717, 1.165) is 22.0 Å². The van der Waals surface area contributed by atoms with Crippen LogP contribution in [0.5, 0.6) is 5.75 Å². The number of ether oxygens (including phenoxy) is 1.